The molecule has 0 saturated carbocycles. The molecule has 1 heterocycles. The number of halogens is 1. The molecule has 2 heteroatoms. The van der Waals surface area contributed by atoms with E-state index in [2.05, 4.69) is 0 Å². The van der Waals surface area contributed by atoms with Crippen LogP contribution in [0.4, 0.5) is 4.39 Å². The SMILES string of the molecule is Fc1cccc([C@H]2CCOC2)c1. The Morgan fingerprint density at radius 1 is 1.42 bits per heavy atom. The monoisotopic (exact) mass is 166 g/mol. The summed E-state index contributed by atoms with van der Waals surface area (Å²) in [6.45, 7) is 1.55. The van der Waals surface area contributed by atoms with Crippen LogP contribution < -0.4 is 0 Å². The predicted molar refractivity (Wildman–Crippen MR) is 44.6 cm³/mol. The molecule has 0 aromatic heterocycles. The molecule has 0 unspecified atom stereocenters. The van der Waals surface area contributed by atoms with Crippen molar-refractivity contribution in [3.05, 3.63) is 35.6 Å². The van der Waals surface area contributed by atoms with Crippen molar-refractivity contribution < 1.29 is 9.13 Å². The lowest BCUT2D eigenvalue weighted by atomic mass is 9.99. The lowest BCUT2D eigenvalue weighted by molar-refractivity contribution is 0.194. The summed E-state index contributed by atoms with van der Waals surface area (Å²) in [5.74, 6) is 0.250. The van der Waals surface area contributed by atoms with Crippen molar-refractivity contribution in [1.29, 1.82) is 0 Å². The van der Waals surface area contributed by atoms with Crippen LogP contribution in [0.15, 0.2) is 24.3 Å². The van der Waals surface area contributed by atoms with Gasteiger partial charge in [0.2, 0.25) is 0 Å². The van der Waals surface area contributed by atoms with Gasteiger partial charge in [0.25, 0.3) is 0 Å². The van der Waals surface area contributed by atoms with Crippen LogP contribution in [0.25, 0.3) is 0 Å². The minimum absolute atomic E-state index is 0.153. The quantitative estimate of drug-likeness (QED) is 0.622. The molecule has 1 aromatic carbocycles. The highest BCUT2D eigenvalue weighted by molar-refractivity contribution is 5.21. The Kier molecular flexibility index (Phi) is 2.09. The van der Waals surface area contributed by atoms with Crippen molar-refractivity contribution in [2.75, 3.05) is 13.2 Å². The molecule has 2 rings (SSSR count). The molecular formula is C10H11FO. The van der Waals surface area contributed by atoms with E-state index in [9.17, 15) is 4.39 Å². The van der Waals surface area contributed by atoms with E-state index in [1.54, 1.807) is 12.1 Å². The van der Waals surface area contributed by atoms with Crippen LogP contribution in [-0.2, 0) is 4.74 Å². The van der Waals surface area contributed by atoms with E-state index in [-0.39, 0.29) is 5.82 Å². The van der Waals surface area contributed by atoms with Crippen LogP contribution in [-0.4, -0.2) is 13.2 Å². The molecule has 1 saturated heterocycles. The molecule has 0 N–H and O–H groups in total. The van der Waals surface area contributed by atoms with Crippen LogP contribution in [0, 0.1) is 5.82 Å². The van der Waals surface area contributed by atoms with Crippen LogP contribution in [0.3, 0.4) is 0 Å². The maximum absolute atomic E-state index is 12.8. The average molecular weight is 166 g/mol. The molecule has 0 radical (unpaired) electrons. The molecule has 0 amide bonds. The second-order valence-corrected chi connectivity index (χ2v) is 3.12. The largest absolute Gasteiger partial charge is 0.381 e. The molecule has 64 valence electrons. The first-order valence-corrected chi connectivity index (χ1v) is 4.19. The van der Waals surface area contributed by atoms with Gasteiger partial charge in [-0.1, -0.05) is 12.1 Å². The molecule has 1 atom stereocenters. The minimum atomic E-state index is -0.153. The van der Waals surface area contributed by atoms with E-state index >= 15 is 0 Å². The molecule has 1 aliphatic heterocycles. The molecule has 0 bridgehead atoms. The third-order valence-corrected chi connectivity index (χ3v) is 2.25. The smallest absolute Gasteiger partial charge is 0.123 e. The summed E-state index contributed by atoms with van der Waals surface area (Å²) >= 11 is 0. The van der Waals surface area contributed by atoms with E-state index in [0.29, 0.717) is 5.92 Å². The summed E-state index contributed by atoms with van der Waals surface area (Å²) in [4.78, 5) is 0. The molecule has 1 aliphatic rings. The summed E-state index contributed by atoms with van der Waals surface area (Å²) in [5, 5.41) is 0. The molecule has 1 nitrogen and oxygen atoms in total. The molecule has 0 spiro atoms. The van der Waals surface area contributed by atoms with Gasteiger partial charge in [-0.2, -0.15) is 0 Å². The van der Waals surface area contributed by atoms with Gasteiger partial charge in [-0.3, -0.25) is 0 Å². The molecule has 1 aromatic rings. The van der Waals surface area contributed by atoms with Crippen LogP contribution in [0.5, 0.6) is 0 Å². The van der Waals surface area contributed by atoms with E-state index in [0.717, 1.165) is 25.2 Å². The normalized spacial score (nSPS) is 22.9. The summed E-state index contributed by atoms with van der Waals surface area (Å²) in [7, 11) is 0. The van der Waals surface area contributed by atoms with Crippen LogP contribution in [0.2, 0.25) is 0 Å². The fraction of sp³-hybridized carbons (Fsp3) is 0.400. The van der Waals surface area contributed by atoms with Gasteiger partial charge in [0.1, 0.15) is 5.82 Å². The third-order valence-electron chi connectivity index (χ3n) is 2.25. The first-order chi connectivity index (χ1) is 5.86. The van der Waals surface area contributed by atoms with E-state index in [4.69, 9.17) is 4.74 Å². The zero-order chi connectivity index (χ0) is 8.39. The average Bonchev–Trinajstić information content (AvgIpc) is 2.56. The molecule has 12 heavy (non-hydrogen) atoms. The van der Waals surface area contributed by atoms with Crippen molar-refractivity contribution >= 4 is 0 Å². The third kappa shape index (κ3) is 1.48. The van der Waals surface area contributed by atoms with Gasteiger partial charge in [-0.05, 0) is 24.1 Å². The number of benzene rings is 1. The topological polar surface area (TPSA) is 9.23 Å². The van der Waals surface area contributed by atoms with Gasteiger partial charge < -0.3 is 4.74 Å². The minimum Gasteiger partial charge on any atom is -0.381 e. The van der Waals surface area contributed by atoms with Crippen LogP contribution >= 0.6 is 0 Å². The van der Waals surface area contributed by atoms with Crippen molar-refractivity contribution in [3.63, 3.8) is 0 Å². The van der Waals surface area contributed by atoms with Gasteiger partial charge in [-0.25, -0.2) is 4.39 Å². The van der Waals surface area contributed by atoms with Crippen molar-refractivity contribution in [2.45, 2.75) is 12.3 Å². The standard InChI is InChI=1S/C10H11FO/c11-10-3-1-2-8(6-10)9-4-5-12-7-9/h1-3,6,9H,4-5,7H2/t9-/m0/s1. The Bertz CT molecular complexity index is 266. The van der Waals surface area contributed by atoms with E-state index in [1.807, 2.05) is 6.07 Å². The number of hydrogen-bond donors (Lipinski definition) is 0. The maximum atomic E-state index is 12.8. The van der Waals surface area contributed by atoms with E-state index in [1.165, 1.54) is 6.07 Å². The van der Waals surface area contributed by atoms with Gasteiger partial charge in [-0.15, -0.1) is 0 Å². The Morgan fingerprint density at radius 2 is 2.33 bits per heavy atom. The molecule has 1 fully saturated rings. The highest BCUT2D eigenvalue weighted by Gasteiger charge is 2.17. The van der Waals surface area contributed by atoms with Crippen LogP contribution in [0.1, 0.15) is 17.9 Å². The Labute approximate surface area is 71.2 Å². The summed E-state index contributed by atoms with van der Waals surface area (Å²) in [6.07, 6.45) is 1.02. The highest BCUT2D eigenvalue weighted by Crippen LogP contribution is 2.25. The van der Waals surface area contributed by atoms with E-state index < -0.39 is 0 Å². The Morgan fingerprint density at radius 3 is 3.00 bits per heavy atom. The maximum Gasteiger partial charge on any atom is 0.123 e. The van der Waals surface area contributed by atoms with Gasteiger partial charge in [0.15, 0.2) is 0 Å². The second kappa shape index (κ2) is 3.23. The fourth-order valence-electron chi connectivity index (χ4n) is 1.56. The molecular weight excluding hydrogens is 155 g/mol. The Balaban J connectivity index is 2.21. The molecule has 0 aliphatic carbocycles. The van der Waals surface area contributed by atoms with Crippen molar-refractivity contribution in [1.82, 2.24) is 0 Å². The first kappa shape index (κ1) is 7.74. The Hall–Kier alpha value is -0.890. The number of rotatable bonds is 1. The van der Waals surface area contributed by atoms with Crippen molar-refractivity contribution in [3.8, 4) is 0 Å². The van der Waals surface area contributed by atoms with Gasteiger partial charge in [0, 0.05) is 12.5 Å². The fourth-order valence-corrected chi connectivity index (χ4v) is 1.56. The number of ether oxygens (including phenoxy) is 1. The second-order valence-electron chi connectivity index (χ2n) is 3.12. The summed E-state index contributed by atoms with van der Waals surface area (Å²) in [6, 6.07) is 6.78. The predicted octanol–water partition coefficient (Wildman–Crippen LogP) is 2.33. The lowest BCUT2D eigenvalue weighted by Gasteiger charge is -2.06. The zero-order valence-corrected chi connectivity index (χ0v) is 6.79. The van der Waals surface area contributed by atoms with Gasteiger partial charge >= 0.3 is 0 Å². The lowest BCUT2D eigenvalue weighted by Crippen LogP contribution is -1.97. The summed E-state index contributed by atoms with van der Waals surface area (Å²) < 4.78 is 18.0. The number of hydrogen-bond acceptors (Lipinski definition) is 1. The van der Waals surface area contributed by atoms with Gasteiger partial charge in [0.05, 0.1) is 6.61 Å². The summed E-state index contributed by atoms with van der Waals surface area (Å²) in [5.41, 5.74) is 1.06. The highest BCUT2D eigenvalue weighted by atomic mass is 19.1. The first-order valence-electron chi connectivity index (χ1n) is 4.19. The zero-order valence-electron chi connectivity index (χ0n) is 6.79. The van der Waals surface area contributed by atoms with Crippen molar-refractivity contribution in [2.24, 2.45) is 0 Å².